The van der Waals surface area contributed by atoms with Gasteiger partial charge in [0.15, 0.2) is 4.80 Å². The summed E-state index contributed by atoms with van der Waals surface area (Å²) in [5.74, 6) is 0.469. The summed E-state index contributed by atoms with van der Waals surface area (Å²) in [6.07, 6.45) is 1.73. The van der Waals surface area contributed by atoms with Crippen molar-refractivity contribution >= 4 is 29.1 Å². The maximum absolute atomic E-state index is 14.1. The van der Waals surface area contributed by atoms with E-state index >= 15 is 0 Å². The second kappa shape index (κ2) is 11.6. The van der Waals surface area contributed by atoms with E-state index in [2.05, 4.69) is 13.8 Å². The van der Waals surface area contributed by atoms with Crippen LogP contribution in [0.2, 0.25) is 0 Å². The Hall–Kier alpha value is -4.43. The zero-order chi connectivity index (χ0) is 29.3. The van der Waals surface area contributed by atoms with Gasteiger partial charge >= 0.3 is 5.97 Å². The van der Waals surface area contributed by atoms with Crippen molar-refractivity contribution in [3.05, 3.63) is 120 Å². The van der Waals surface area contributed by atoms with Crippen LogP contribution in [0, 0.1) is 6.92 Å². The molecule has 41 heavy (non-hydrogen) atoms. The number of aryl methyl sites for hydroxylation is 1. The van der Waals surface area contributed by atoms with Gasteiger partial charge < -0.3 is 14.6 Å². The van der Waals surface area contributed by atoms with Crippen molar-refractivity contribution in [2.75, 3.05) is 13.7 Å². The number of hydrogen-bond acceptors (Lipinski definition) is 7. The van der Waals surface area contributed by atoms with Crippen molar-refractivity contribution in [3.63, 3.8) is 0 Å². The second-order valence-electron chi connectivity index (χ2n) is 10.1. The number of rotatable bonds is 7. The van der Waals surface area contributed by atoms with Crippen LogP contribution < -0.4 is 19.6 Å². The number of esters is 1. The highest BCUT2D eigenvalue weighted by molar-refractivity contribution is 7.07. The molecule has 1 aliphatic heterocycles. The van der Waals surface area contributed by atoms with Crippen LogP contribution >= 0.6 is 11.3 Å². The first-order valence-corrected chi connectivity index (χ1v) is 14.3. The summed E-state index contributed by atoms with van der Waals surface area (Å²) in [6, 6.07) is 19.4. The van der Waals surface area contributed by atoms with Crippen LogP contribution in [0.4, 0.5) is 0 Å². The summed E-state index contributed by atoms with van der Waals surface area (Å²) < 4.78 is 13.3. The highest BCUT2D eigenvalue weighted by Gasteiger charge is 2.36. The topological polar surface area (TPSA) is 90.1 Å². The maximum Gasteiger partial charge on any atom is 0.338 e. The molecule has 0 bridgehead atoms. The van der Waals surface area contributed by atoms with Crippen molar-refractivity contribution in [1.82, 2.24) is 4.57 Å². The Kier molecular flexibility index (Phi) is 7.94. The van der Waals surface area contributed by atoms with E-state index in [0.29, 0.717) is 26.2 Å². The van der Waals surface area contributed by atoms with Crippen LogP contribution in [-0.2, 0) is 9.53 Å². The van der Waals surface area contributed by atoms with Crippen LogP contribution in [0.15, 0.2) is 82.1 Å². The molecular formula is C33H32N2O5S. The largest absolute Gasteiger partial charge is 0.508 e. The van der Waals surface area contributed by atoms with Crippen molar-refractivity contribution in [2.45, 2.75) is 39.7 Å². The van der Waals surface area contributed by atoms with Crippen LogP contribution in [0.1, 0.15) is 60.5 Å². The zero-order valence-corrected chi connectivity index (χ0v) is 24.5. The van der Waals surface area contributed by atoms with Crippen LogP contribution in [0.3, 0.4) is 0 Å². The summed E-state index contributed by atoms with van der Waals surface area (Å²) in [5, 5.41) is 9.98. The molecule has 3 aromatic carbocycles. The number of hydrogen-bond donors (Lipinski definition) is 1. The first-order chi connectivity index (χ1) is 19.7. The van der Waals surface area contributed by atoms with E-state index in [9.17, 15) is 14.7 Å². The van der Waals surface area contributed by atoms with E-state index in [4.69, 9.17) is 14.5 Å². The van der Waals surface area contributed by atoms with E-state index in [1.165, 1.54) is 11.3 Å². The molecule has 0 aliphatic carbocycles. The fourth-order valence-corrected chi connectivity index (χ4v) is 6.14. The minimum Gasteiger partial charge on any atom is -0.508 e. The van der Waals surface area contributed by atoms with Gasteiger partial charge in [-0.15, -0.1) is 0 Å². The van der Waals surface area contributed by atoms with Crippen LogP contribution in [-0.4, -0.2) is 29.4 Å². The Bertz CT molecular complexity index is 1830. The smallest absolute Gasteiger partial charge is 0.338 e. The van der Waals surface area contributed by atoms with E-state index in [1.807, 2.05) is 55.5 Å². The predicted octanol–water partition coefficient (Wildman–Crippen LogP) is 5.08. The first kappa shape index (κ1) is 28.1. The summed E-state index contributed by atoms with van der Waals surface area (Å²) in [4.78, 5) is 33.3. The Morgan fingerprint density at radius 2 is 1.88 bits per heavy atom. The molecule has 0 radical (unpaired) electrons. The fraction of sp³-hybridized carbons (Fsp3) is 0.242. The summed E-state index contributed by atoms with van der Waals surface area (Å²) >= 11 is 1.25. The average molecular weight is 569 g/mol. The molecule has 210 valence electrons. The number of aromatic nitrogens is 1. The molecule has 0 amide bonds. The molecule has 5 rings (SSSR count). The van der Waals surface area contributed by atoms with Gasteiger partial charge in [0, 0.05) is 5.56 Å². The number of nitrogens with zero attached hydrogens (tertiary/aromatic N) is 2. The first-order valence-electron chi connectivity index (χ1n) is 13.5. The number of aromatic hydroxyl groups is 1. The monoisotopic (exact) mass is 568 g/mol. The van der Waals surface area contributed by atoms with Gasteiger partial charge in [-0.1, -0.05) is 67.6 Å². The van der Waals surface area contributed by atoms with Gasteiger partial charge in [0.05, 0.1) is 35.6 Å². The summed E-state index contributed by atoms with van der Waals surface area (Å²) in [6.45, 7) is 8.05. The molecular weight excluding hydrogens is 536 g/mol. The molecule has 1 unspecified atom stereocenters. The summed E-state index contributed by atoms with van der Waals surface area (Å²) in [5.41, 5.74) is 4.57. The number of methoxy groups -OCH3 is 1. The van der Waals surface area contributed by atoms with Gasteiger partial charge in [-0.25, -0.2) is 9.79 Å². The number of thiazole rings is 1. The molecule has 0 saturated heterocycles. The van der Waals surface area contributed by atoms with E-state index in [1.54, 1.807) is 42.9 Å². The van der Waals surface area contributed by atoms with Gasteiger partial charge in [-0.3, -0.25) is 9.36 Å². The lowest BCUT2D eigenvalue weighted by molar-refractivity contribution is -0.138. The normalized spacial score (nSPS) is 15.1. The Morgan fingerprint density at radius 3 is 2.54 bits per heavy atom. The lowest BCUT2D eigenvalue weighted by atomic mass is 9.87. The fourth-order valence-electron chi connectivity index (χ4n) is 5.14. The second-order valence-corrected chi connectivity index (χ2v) is 11.1. The number of carbonyl (C=O) groups is 1. The van der Waals surface area contributed by atoms with E-state index in [0.717, 1.165) is 28.0 Å². The number of benzene rings is 3. The number of ether oxygens (including phenoxy) is 2. The quantitative estimate of drug-likeness (QED) is 0.314. The lowest BCUT2D eigenvalue weighted by Crippen LogP contribution is -2.40. The van der Waals surface area contributed by atoms with E-state index in [-0.39, 0.29) is 23.8 Å². The molecule has 2 heterocycles. The third-order valence-electron chi connectivity index (χ3n) is 7.08. The molecule has 1 atom stereocenters. The van der Waals surface area contributed by atoms with Crippen molar-refractivity contribution in [3.8, 4) is 11.5 Å². The molecule has 0 spiro atoms. The highest BCUT2D eigenvalue weighted by atomic mass is 32.1. The number of phenols is 1. The number of carbonyl (C=O) groups excluding carboxylic acids is 1. The van der Waals surface area contributed by atoms with E-state index < -0.39 is 12.0 Å². The molecule has 0 fully saturated rings. The van der Waals surface area contributed by atoms with Crippen LogP contribution in [0.5, 0.6) is 11.5 Å². The minimum absolute atomic E-state index is 0.107. The molecule has 7 nitrogen and oxygen atoms in total. The predicted molar refractivity (Wildman–Crippen MR) is 161 cm³/mol. The Labute approximate surface area is 242 Å². The summed E-state index contributed by atoms with van der Waals surface area (Å²) in [7, 11) is 1.64. The van der Waals surface area contributed by atoms with Crippen molar-refractivity contribution in [2.24, 2.45) is 4.99 Å². The Balaban J connectivity index is 1.89. The van der Waals surface area contributed by atoms with Crippen LogP contribution in [0.25, 0.3) is 11.8 Å². The van der Waals surface area contributed by atoms with Gasteiger partial charge in [0.25, 0.3) is 5.56 Å². The number of phenolic OH excluding ortho intramolecular Hbond substituents is 1. The third kappa shape index (κ3) is 5.35. The SMILES string of the molecule is CCOC(=O)C1=C(c2ccccc2)N=c2sc(=Cc3cccc(O)c3)c(=O)n2C1c1cc(C(C)C)c(OC)cc1C. The minimum atomic E-state index is -0.782. The standard InChI is InChI=1S/C33H32N2O5S/c1-6-40-32(38)28-29(22-12-8-7-9-13-22)34-33-35(31(37)27(41-33)17-21-11-10-14-23(36)16-21)30(28)25-18-24(19(2)3)26(39-5)15-20(25)4/h7-19,30,36H,6H2,1-5H3. The van der Waals surface area contributed by atoms with Gasteiger partial charge in [-0.2, -0.15) is 0 Å². The van der Waals surface area contributed by atoms with Crippen molar-refractivity contribution < 1.29 is 19.4 Å². The molecule has 1 N–H and O–H groups in total. The average Bonchev–Trinajstić information content (AvgIpc) is 3.26. The molecule has 4 aromatic rings. The van der Waals surface area contributed by atoms with Gasteiger partial charge in [0.1, 0.15) is 11.5 Å². The molecule has 1 aliphatic rings. The maximum atomic E-state index is 14.1. The molecule has 0 saturated carbocycles. The molecule has 1 aromatic heterocycles. The zero-order valence-electron chi connectivity index (χ0n) is 23.7. The highest BCUT2D eigenvalue weighted by Crippen LogP contribution is 2.39. The third-order valence-corrected chi connectivity index (χ3v) is 8.06. The lowest BCUT2D eigenvalue weighted by Gasteiger charge is -2.28. The van der Waals surface area contributed by atoms with Gasteiger partial charge in [0.2, 0.25) is 0 Å². The number of fused-ring (bicyclic) bond motifs is 1. The molecule has 8 heteroatoms. The van der Waals surface area contributed by atoms with Gasteiger partial charge in [-0.05, 0) is 72.4 Å². The van der Waals surface area contributed by atoms with Crippen molar-refractivity contribution in [1.29, 1.82) is 0 Å². The Morgan fingerprint density at radius 1 is 1.12 bits per heavy atom.